The van der Waals surface area contributed by atoms with E-state index in [2.05, 4.69) is 10.0 Å². The smallest absolute Gasteiger partial charge is 0.251 e. The number of piperidine rings is 1. The van der Waals surface area contributed by atoms with E-state index in [1.165, 1.54) is 12.1 Å². The van der Waals surface area contributed by atoms with Crippen molar-refractivity contribution in [3.63, 3.8) is 0 Å². The van der Waals surface area contributed by atoms with E-state index in [-0.39, 0.29) is 41.8 Å². The number of aryl methyl sites for hydroxylation is 1. The van der Waals surface area contributed by atoms with Crippen molar-refractivity contribution in [3.8, 4) is 0 Å². The van der Waals surface area contributed by atoms with Gasteiger partial charge in [0.1, 0.15) is 0 Å². The summed E-state index contributed by atoms with van der Waals surface area (Å²) in [6, 6.07) is 13.7. The van der Waals surface area contributed by atoms with Crippen LogP contribution in [0.4, 0.5) is 0 Å². The lowest BCUT2D eigenvalue weighted by Crippen LogP contribution is -2.37. The SMILES string of the molecule is Cc1ccc(S(=O)(=O)NCc2ccccc2)cc1C(=O)NCCC(=O)N1CCCCC1. The first-order valence-electron chi connectivity index (χ1n) is 10.6. The summed E-state index contributed by atoms with van der Waals surface area (Å²) in [6.45, 7) is 3.69. The number of carbonyl (C=O) groups is 2. The van der Waals surface area contributed by atoms with E-state index in [0.717, 1.165) is 37.9 Å². The Labute approximate surface area is 183 Å². The third-order valence-electron chi connectivity index (χ3n) is 5.41. The number of likely N-dealkylation sites (tertiary alicyclic amines) is 1. The van der Waals surface area contributed by atoms with E-state index in [4.69, 9.17) is 0 Å². The van der Waals surface area contributed by atoms with E-state index in [0.29, 0.717) is 5.56 Å². The quantitative estimate of drug-likeness (QED) is 0.656. The van der Waals surface area contributed by atoms with Gasteiger partial charge in [-0.05, 0) is 49.4 Å². The number of amides is 2. The van der Waals surface area contributed by atoms with Gasteiger partial charge in [-0.2, -0.15) is 0 Å². The highest BCUT2D eigenvalue weighted by Crippen LogP contribution is 2.16. The van der Waals surface area contributed by atoms with Gasteiger partial charge in [0.25, 0.3) is 5.91 Å². The normalized spacial score (nSPS) is 14.3. The molecule has 8 heteroatoms. The highest BCUT2D eigenvalue weighted by Gasteiger charge is 2.19. The second kappa shape index (κ2) is 10.5. The first-order chi connectivity index (χ1) is 14.9. The van der Waals surface area contributed by atoms with Crippen LogP contribution < -0.4 is 10.0 Å². The number of sulfonamides is 1. The molecule has 0 aliphatic carbocycles. The van der Waals surface area contributed by atoms with Crippen LogP contribution in [-0.2, 0) is 21.4 Å². The van der Waals surface area contributed by atoms with Crippen molar-refractivity contribution in [1.82, 2.24) is 14.9 Å². The Morgan fingerprint density at radius 3 is 2.42 bits per heavy atom. The topological polar surface area (TPSA) is 95.6 Å². The minimum atomic E-state index is -3.77. The average molecular weight is 444 g/mol. The van der Waals surface area contributed by atoms with Gasteiger partial charge in [-0.15, -0.1) is 0 Å². The Bertz CT molecular complexity index is 1020. The standard InChI is InChI=1S/C23H29N3O4S/c1-18-10-11-20(31(29,30)25-17-19-8-4-2-5-9-19)16-21(18)23(28)24-13-12-22(27)26-14-6-3-7-15-26/h2,4-5,8-11,16,25H,3,6-7,12-15,17H2,1H3,(H,24,28). The average Bonchev–Trinajstić information content (AvgIpc) is 2.79. The predicted octanol–water partition coefficient (Wildman–Crippen LogP) is 2.61. The van der Waals surface area contributed by atoms with Gasteiger partial charge in [0.2, 0.25) is 15.9 Å². The molecule has 0 aromatic heterocycles. The summed E-state index contributed by atoms with van der Waals surface area (Å²) in [7, 11) is -3.77. The van der Waals surface area contributed by atoms with Crippen molar-refractivity contribution in [2.75, 3.05) is 19.6 Å². The lowest BCUT2D eigenvalue weighted by molar-refractivity contribution is -0.131. The summed E-state index contributed by atoms with van der Waals surface area (Å²) in [5.74, 6) is -0.345. The number of hydrogen-bond donors (Lipinski definition) is 2. The molecule has 0 spiro atoms. The van der Waals surface area contributed by atoms with Crippen LogP contribution in [0.2, 0.25) is 0 Å². The van der Waals surface area contributed by atoms with Crippen molar-refractivity contribution in [2.45, 2.75) is 44.0 Å². The van der Waals surface area contributed by atoms with Gasteiger partial charge in [0.15, 0.2) is 0 Å². The van der Waals surface area contributed by atoms with Crippen molar-refractivity contribution in [2.24, 2.45) is 0 Å². The fraction of sp³-hybridized carbons (Fsp3) is 0.391. The molecular formula is C23H29N3O4S. The fourth-order valence-electron chi connectivity index (χ4n) is 3.55. The highest BCUT2D eigenvalue weighted by atomic mass is 32.2. The number of benzene rings is 2. The number of carbonyl (C=O) groups excluding carboxylic acids is 2. The van der Waals surface area contributed by atoms with Gasteiger partial charge in [-0.3, -0.25) is 9.59 Å². The van der Waals surface area contributed by atoms with E-state index >= 15 is 0 Å². The van der Waals surface area contributed by atoms with Gasteiger partial charge >= 0.3 is 0 Å². The maximum absolute atomic E-state index is 12.7. The molecule has 0 saturated carbocycles. The van der Waals surface area contributed by atoms with Crippen LogP contribution in [-0.4, -0.2) is 44.8 Å². The third-order valence-corrected chi connectivity index (χ3v) is 6.81. The predicted molar refractivity (Wildman–Crippen MR) is 119 cm³/mol. The van der Waals surface area contributed by atoms with Crippen LogP contribution >= 0.6 is 0 Å². The largest absolute Gasteiger partial charge is 0.352 e. The zero-order valence-corrected chi connectivity index (χ0v) is 18.6. The monoisotopic (exact) mass is 443 g/mol. The molecule has 166 valence electrons. The van der Waals surface area contributed by atoms with Gasteiger partial charge in [-0.1, -0.05) is 36.4 Å². The van der Waals surface area contributed by atoms with Crippen LogP contribution in [0.1, 0.15) is 47.2 Å². The van der Waals surface area contributed by atoms with Crippen molar-refractivity contribution in [3.05, 3.63) is 65.2 Å². The Morgan fingerprint density at radius 2 is 1.71 bits per heavy atom. The van der Waals surface area contributed by atoms with E-state index < -0.39 is 10.0 Å². The lowest BCUT2D eigenvalue weighted by Gasteiger charge is -2.26. The molecule has 3 rings (SSSR count). The van der Waals surface area contributed by atoms with Crippen LogP contribution in [0.25, 0.3) is 0 Å². The van der Waals surface area contributed by atoms with Crippen molar-refractivity contribution in [1.29, 1.82) is 0 Å². The molecule has 1 saturated heterocycles. The van der Waals surface area contributed by atoms with E-state index in [9.17, 15) is 18.0 Å². The summed E-state index contributed by atoms with van der Waals surface area (Å²) >= 11 is 0. The molecule has 0 bridgehead atoms. The van der Waals surface area contributed by atoms with Crippen LogP contribution in [0.3, 0.4) is 0 Å². The summed E-state index contributed by atoms with van der Waals surface area (Å²) in [4.78, 5) is 26.7. The van der Waals surface area contributed by atoms with Gasteiger partial charge in [0, 0.05) is 38.2 Å². The molecule has 31 heavy (non-hydrogen) atoms. The highest BCUT2D eigenvalue weighted by molar-refractivity contribution is 7.89. The van der Waals surface area contributed by atoms with E-state index in [1.807, 2.05) is 35.2 Å². The molecule has 0 radical (unpaired) electrons. The molecule has 0 atom stereocenters. The third kappa shape index (κ3) is 6.38. The Hall–Kier alpha value is -2.71. The molecule has 1 aliphatic heterocycles. The number of hydrogen-bond acceptors (Lipinski definition) is 4. The number of nitrogens with one attached hydrogen (secondary N) is 2. The Balaban J connectivity index is 1.60. The second-order valence-corrected chi connectivity index (χ2v) is 9.50. The first-order valence-corrected chi connectivity index (χ1v) is 12.1. The molecule has 1 heterocycles. The molecular weight excluding hydrogens is 414 g/mol. The molecule has 2 amide bonds. The summed E-state index contributed by atoms with van der Waals surface area (Å²) < 4.78 is 27.9. The molecule has 1 fully saturated rings. The summed E-state index contributed by atoms with van der Waals surface area (Å²) in [6.07, 6.45) is 3.44. The van der Waals surface area contributed by atoms with Crippen LogP contribution in [0, 0.1) is 6.92 Å². The van der Waals surface area contributed by atoms with Crippen LogP contribution in [0.15, 0.2) is 53.4 Å². The zero-order valence-electron chi connectivity index (χ0n) is 17.8. The maximum atomic E-state index is 12.7. The zero-order chi connectivity index (χ0) is 22.3. The summed E-state index contributed by atoms with van der Waals surface area (Å²) in [5, 5.41) is 2.74. The Morgan fingerprint density at radius 1 is 1.00 bits per heavy atom. The summed E-state index contributed by atoms with van der Waals surface area (Å²) in [5.41, 5.74) is 1.80. The van der Waals surface area contributed by atoms with Crippen LogP contribution in [0.5, 0.6) is 0 Å². The lowest BCUT2D eigenvalue weighted by atomic mass is 10.1. The molecule has 2 aromatic rings. The molecule has 2 aromatic carbocycles. The van der Waals surface area contributed by atoms with Gasteiger partial charge in [0.05, 0.1) is 4.90 Å². The molecule has 1 aliphatic rings. The first kappa shape index (κ1) is 23.0. The minimum absolute atomic E-state index is 0.0311. The fourth-order valence-corrected chi connectivity index (χ4v) is 4.59. The van der Waals surface area contributed by atoms with Crippen molar-refractivity contribution >= 4 is 21.8 Å². The van der Waals surface area contributed by atoms with E-state index in [1.54, 1.807) is 13.0 Å². The number of rotatable bonds is 8. The van der Waals surface area contributed by atoms with Gasteiger partial charge in [-0.25, -0.2) is 13.1 Å². The minimum Gasteiger partial charge on any atom is -0.352 e. The van der Waals surface area contributed by atoms with Gasteiger partial charge < -0.3 is 10.2 Å². The van der Waals surface area contributed by atoms with Crippen molar-refractivity contribution < 1.29 is 18.0 Å². The molecule has 0 unspecified atom stereocenters. The Kier molecular flexibility index (Phi) is 7.81. The molecule has 7 nitrogen and oxygen atoms in total. The molecule has 2 N–H and O–H groups in total. The maximum Gasteiger partial charge on any atom is 0.251 e. The second-order valence-electron chi connectivity index (χ2n) is 7.73. The number of nitrogens with zero attached hydrogens (tertiary/aromatic N) is 1.